The van der Waals surface area contributed by atoms with Crippen molar-refractivity contribution in [1.82, 2.24) is 0 Å². The van der Waals surface area contributed by atoms with Gasteiger partial charge >= 0.3 is 11.9 Å². The molecule has 2 atom stereocenters. The predicted molar refractivity (Wildman–Crippen MR) is 281 cm³/mol. The fourth-order valence-electron chi connectivity index (χ4n) is 7.46. The van der Waals surface area contributed by atoms with Gasteiger partial charge in [-0.1, -0.05) is 133 Å². The van der Waals surface area contributed by atoms with Gasteiger partial charge in [-0.15, -0.1) is 0 Å². The lowest BCUT2D eigenvalue weighted by molar-refractivity contribution is -0.142. The molecule has 0 bridgehead atoms. The van der Waals surface area contributed by atoms with Gasteiger partial charge in [-0.3, -0.25) is 9.59 Å². The minimum absolute atomic E-state index is 0.142. The third kappa shape index (κ3) is 14.8. The van der Waals surface area contributed by atoms with Crippen LogP contribution in [0.15, 0.2) is 206 Å². The zero-order valence-electron chi connectivity index (χ0n) is 39.9. The molecule has 10 heteroatoms. The first-order valence-corrected chi connectivity index (χ1v) is 23.2. The number of carbonyl (C=O) groups is 4. The standard InChI is InChI=1S/C62H52N2O8/c1-69-61(67)57(63-55-27-15-13-25-53(55)59(65)49-21-9-3-10-22-49)43-47-33-37-51(38-34-47)71-41-17-5-7-19-45-29-31-46(32-30-45)20-8-6-18-42-72-52-39-35-48(36-40-52)44-58(62(68)70-2)64-56-28-16-14-26-54(56)60(66)50-23-11-4-12-24-50/h3-6,9-18,21-40,57-58,63-64H,41-44H2,1-2H3/t57-,58-/m0/s1. The van der Waals surface area contributed by atoms with Crippen LogP contribution in [0.25, 0.3) is 0 Å². The first kappa shape index (κ1) is 50.5. The van der Waals surface area contributed by atoms with Gasteiger partial charge < -0.3 is 29.6 Å². The first-order chi connectivity index (χ1) is 35.3. The van der Waals surface area contributed by atoms with Crippen molar-refractivity contribution in [2.75, 3.05) is 38.1 Å². The molecular weight excluding hydrogens is 901 g/mol. The second-order valence-electron chi connectivity index (χ2n) is 16.2. The normalized spacial score (nSPS) is 11.5. The van der Waals surface area contributed by atoms with Crippen LogP contribution in [0.5, 0.6) is 11.5 Å². The number of esters is 2. The maximum atomic E-state index is 13.3. The van der Waals surface area contributed by atoms with Crippen molar-refractivity contribution in [2.45, 2.75) is 24.9 Å². The number of benzene rings is 7. The van der Waals surface area contributed by atoms with E-state index in [0.717, 1.165) is 22.3 Å². The lowest BCUT2D eigenvalue weighted by atomic mass is 10.00. The zero-order chi connectivity index (χ0) is 50.3. The van der Waals surface area contributed by atoms with Gasteiger partial charge in [-0.05, 0) is 108 Å². The number of ketones is 2. The lowest BCUT2D eigenvalue weighted by Crippen LogP contribution is -2.33. The van der Waals surface area contributed by atoms with E-state index in [0.29, 0.717) is 71.2 Å². The van der Waals surface area contributed by atoms with Crippen molar-refractivity contribution in [3.63, 3.8) is 0 Å². The van der Waals surface area contributed by atoms with Crippen molar-refractivity contribution < 1.29 is 38.1 Å². The van der Waals surface area contributed by atoms with Gasteiger partial charge in [-0.25, -0.2) is 9.59 Å². The fraction of sp³-hybridized carbons (Fsp3) is 0.129. The second kappa shape index (κ2) is 26.4. The number of hydrogen-bond donors (Lipinski definition) is 2. The molecular formula is C62H52N2O8. The van der Waals surface area contributed by atoms with Crippen LogP contribution in [0.4, 0.5) is 11.4 Å². The largest absolute Gasteiger partial charge is 0.490 e. The van der Waals surface area contributed by atoms with Crippen LogP contribution < -0.4 is 20.1 Å². The molecule has 0 aliphatic rings. The molecule has 7 aromatic carbocycles. The van der Waals surface area contributed by atoms with Gasteiger partial charge in [0, 0.05) is 57.6 Å². The summed E-state index contributed by atoms with van der Waals surface area (Å²) in [5.41, 5.74) is 6.62. The third-order valence-corrected chi connectivity index (χ3v) is 11.2. The number of allylic oxidation sites excluding steroid dienone is 2. The summed E-state index contributed by atoms with van der Waals surface area (Å²) in [6.07, 6.45) is 7.82. The lowest BCUT2D eigenvalue weighted by Gasteiger charge is -2.20. The summed E-state index contributed by atoms with van der Waals surface area (Å²) < 4.78 is 21.9. The van der Waals surface area contributed by atoms with E-state index in [2.05, 4.69) is 34.3 Å². The molecule has 0 saturated carbocycles. The van der Waals surface area contributed by atoms with E-state index in [1.165, 1.54) is 14.2 Å². The van der Waals surface area contributed by atoms with E-state index >= 15 is 0 Å². The molecule has 0 amide bonds. The van der Waals surface area contributed by atoms with Crippen molar-refractivity contribution in [2.24, 2.45) is 0 Å². The van der Waals surface area contributed by atoms with E-state index in [1.807, 2.05) is 133 Å². The molecule has 72 heavy (non-hydrogen) atoms. The SMILES string of the molecule is COC(=O)[C@H](Cc1ccc(OCC=CC#Cc2ccc(C#CC=CCOc3ccc(C[C@H](Nc4ccccc4C(=O)c4ccccc4)C(=O)OC)cc3)cc2)cc1)Nc1ccccc1C(=O)c1ccccc1. The highest BCUT2D eigenvalue weighted by Crippen LogP contribution is 2.24. The molecule has 7 rings (SSSR count). The van der Waals surface area contributed by atoms with Crippen molar-refractivity contribution in [3.05, 3.63) is 251 Å². The Hall–Kier alpha value is -9.38. The second-order valence-corrected chi connectivity index (χ2v) is 16.2. The average Bonchev–Trinajstić information content (AvgIpc) is 3.43. The Balaban J connectivity index is 0.822. The molecule has 0 aliphatic carbocycles. The van der Waals surface area contributed by atoms with Crippen LogP contribution in [0.2, 0.25) is 0 Å². The highest BCUT2D eigenvalue weighted by Gasteiger charge is 2.24. The highest BCUT2D eigenvalue weighted by atomic mass is 16.5. The van der Waals surface area contributed by atoms with E-state index in [9.17, 15) is 19.2 Å². The molecule has 0 fully saturated rings. The van der Waals surface area contributed by atoms with Crippen LogP contribution in [0, 0.1) is 23.7 Å². The van der Waals surface area contributed by atoms with Crippen LogP contribution in [0.1, 0.15) is 54.1 Å². The van der Waals surface area contributed by atoms with Crippen molar-refractivity contribution in [3.8, 4) is 35.2 Å². The zero-order valence-corrected chi connectivity index (χ0v) is 39.9. The number of ether oxygens (including phenoxy) is 4. The molecule has 7 aromatic rings. The van der Waals surface area contributed by atoms with Gasteiger partial charge in [-0.2, -0.15) is 0 Å². The molecule has 0 saturated heterocycles. The Kier molecular flexibility index (Phi) is 18.5. The summed E-state index contributed by atoms with van der Waals surface area (Å²) in [7, 11) is 2.69. The number of anilines is 2. The Morgan fingerprint density at radius 3 is 1.19 bits per heavy atom. The molecule has 0 spiro atoms. The molecule has 2 N–H and O–H groups in total. The molecule has 0 heterocycles. The van der Waals surface area contributed by atoms with E-state index in [4.69, 9.17) is 18.9 Å². The fourth-order valence-corrected chi connectivity index (χ4v) is 7.46. The first-order valence-electron chi connectivity index (χ1n) is 23.2. The summed E-state index contributed by atoms with van der Waals surface area (Å²) >= 11 is 0. The molecule has 0 aliphatic heterocycles. The Morgan fingerprint density at radius 1 is 0.458 bits per heavy atom. The van der Waals surface area contributed by atoms with Crippen LogP contribution in [-0.4, -0.2) is 63.0 Å². The Labute approximate surface area is 420 Å². The molecule has 10 nitrogen and oxygen atoms in total. The van der Waals surface area contributed by atoms with E-state index in [1.54, 1.807) is 72.8 Å². The maximum absolute atomic E-state index is 13.3. The number of hydrogen-bond acceptors (Lipinski definition) is 10. The van der Waals surface area contributed by atoms with Crippen molar-refractivity contribution in [1.29, 1.82) is 0 Å². The van der Waals surface area contributed by atoms with Crippen molar-refractivity contribution >= 4 is 34.9 Å². The van der Waals surface area contributed by atoms with Crippen LogP contribution in [-0.2, 0) is 31.9 Å². The van der Waals surface area contributed by atoms with Gasteiger partial charge in [0.05, 0.1) is 14.2 Å². The molecule has 0 radical (unpaired) electrons. The van der Waals surface area contributed by atoms with Gasteiger partial charge in [0.25, 0.3) is 0 Å². The molecule has 358 valence electrons. The summed E-state index contributed by atoms with van der Waals surface area (Å²) in [4.78, 5) is 52.2. The number of para-hydroxylation sites is 2. The highest BCUT2D eigenvalue weighted by molar-refractivity contribution is 6.13. The van der Waals surface area contributed by atoms with Gasteiger partial charge in [0.15, 0.2) is 11.6 Å². The Morgan fingerprint density at radius 2 is 0.819 bits per heavy atom. The van der Waals surface area contributed by atoms with Gasteiger partial charge in [0.1, 0.15) is 36.8 Å². The summed E-state index contributed by atoms with van der Waals surface area (Å²) in [5, 5.41) is 6.48. The predicted octanol–water partition coefficient (Wildman–Crippen LogP) is 10.5. The smallest absolute Gasteiger partial charge is 0.328 e. The maximum Gasteiger partial charge on any atom is 0.328 e. The third-order valence-electron chi connectivity index (χ3n) is 11.2. The summed E-state index contributed by atoms with van der Waals surface area (Å²) in [5.74, 6) is 12.5. The summed E-state index contributed by atoms with van der Waals surface area (Å²) in [6, 6.07) is 53.5. The number of rotatable bonds is 20. The molecule has 0 unspecified atom stereocenters. The summed E-state index contributed by atoms with van der Waals surface area (Å²) in [6.45, 7) is 0.641. The van der Waals surface area contributed by atoms with Crippen LogP contribution >= 0.6 is 0 Å². The number of methoxy groups -OCH3 is 2. The quantitative estimate of drug-likeness (QED) is 0.0433. The number of carbonyl (C=O) groups excluding carboxylic acids is 4. The molecule has 0 aromatic heterocycles. The van der Waals surface area contributed by atoms with E-state index in [-0.39, 0.29) is 11.6 Å². The van der Waals surface area contributed by atoms with E-state index < -0.39 is 24.0 Å². The monoisotopic (exact) mass is 952 g/mol. The average molecular weight is 953 g/mol. The number of nitrogens with one attached hydrogen (secondary N) is 2. The topological polar surface area (TPSA) is 129 Å². The minimum Gasteiger partial charge on any atom is -0.490 e. The Bertz CT molecular complexity index is 2910. The van der Waals surface area contributed by atoms with Gasteiger partial charge in [0.2, 0.25) is 0 Å². The van der Waals surface area contributed by atoms with Crippen LogP contribution in [0.3, 0.4) is 0 Å². The minimum atomic E-state index is -0.726.